The summed E-state index contributed by atoms with van der Waals surface area (Å²) in [6.07, 6.45) is 9.12. The van der Waals surface area contributed by atoms with Crippen LogP contribution in [0.2, 0.25) is 0 Å². The lowest BCUT2D eigenvalue weighted by Gasteiger charge is -2.30. The van der Waals surface area contributed by atoms with Gasteiger partial charge in [0.2, 0.25) is 5.91 Å². The highest BCUT2D eigenvalue weighted by atomic mass is 16.5. The summed E-state index contributed by atoms with van der Waals surface area (Å²) in [5.74, 6) is 2.31. The average molecular weight is 446 g/mol. The van der Waals surface area contributed by atoms with Gasteiger partial charge in [0.25, 0.3) is 0 Å². The molecule has 2 bridgehead atoms. The monoisotopic (exact) mass is 445 g/mol. The van der Waals surface area contributed by atoms with Gasteiger partial charge in [0.05, 0.1) is 24.8 Å². The molecule has 2 saturated carbocycles. The van der Waals surface area contributed by atoms with Crippen LogP contribution in [0.15, 0.2) is 30.3 Å². The quantitative estimate of drug-likeness (QED) is 0.710. The van der Waals surface area contributed by atoms with Crippen LogP contribution < -0.4 is 16.0 Å². The number of carbonyl (C=O) groups is 1. The third-order valence-electron chi connectivity index (χ3n) is 7.89. The minimum absolute atomic E-state index is 0.0786. The summed E-state index contributed by atoms with van der Waals surface area (Å²) in [6.45, 7) is 3.44. The molecule has 1 aromatic heterocycles. The molecule has 2 heterocycles. The number of benzene rings is 1. The van der Waals surface area contributed by atoms with Crippen molar-refractivity contribution in [3.05, 3.63) is 53.0 Å². The summed E-state index contributed by atoms with van der Waals surface area (Å²) < 4.78 is 5.46. The van der Waals surface area contributed by atoms with E-state index in [1.807, 2.05) is 0 Å². The highest BCUT2D eigenvalue weighted by Gasteiger charge is 2.50. The molecule has 7 heteroatoms. The molecule has 3 N–H and O–H groups in total. The summed E-state index contributed by atoms with van der Waals surface area (Å²) in [7, 11) is 0. The molecule has 33 heavy (non-hydrogen) atoms. The number of hydrogen-bond acceptors (Lipinski definition) is 6. The fraction of sp³-hybridized carbons (Fsp3) is 0.500. The van der Waals surface area contributed by atoms with E-state index in [9.17, 15) is 4.79 Å². The highest BCUT2D eigenvalue weighted by molar-refractivity contribution is 5.79. The van der Waals surface area contributed by atoms with E-state index in [0.717, 1.165) is 74.9 Å². The molecule has 0 radical (unpaired) electrons. The van der Waals surface area contributed by atoms with Gasteiger partial charge in [-0.25, -0.2) is 9.97 Å². The van der Waals surface area contributed by atoms with Gasteiger partial charge in [0.1, 0.15) is 11.6 Å². The van der Waals surface area contributed by atoms with Crippen molar-refractivity contribution in [2.45, 2.75) is 38.1 Å². The minimum Gasteiger partial charge on any atom is -0.378 e. The predicted octanol–water partition coefficient (Wildman–Crippen LogP) is 2.79. The predicted molar refractivity (Wildman–Crippen MR) is 128 cm³/mol. The molecule has 7 nitrogen and oxygen atoms in total. The van der Waals surface area contributed by atoms with E-state index in [0.29, 0.717) is 18.3 Å². The molecule has 4 aliphatic rings. The Morgan fingerprint density at radius 3 is 2.70 bits per heavy atom. The summed E-state index contributed by atoms with van der Waals surface area (Å²) in [5.41, 5.74) is 10.4. The number of amides is 1. The first-order valence-corrected chi connectivity index (χ1v) is 12.2. The molecule has 3 aliphatic carbocycles. The smallest absolute Gasteiger partial charge is 0.222 e. The van der Waals surface area contributed by atoms with Gasteiger partial charge in [-0.1, -0.05) is 24.3 Å². The number of nitrogens with two attached hydrogens (primary N) is 1. The molecule has 1 aromatic carbocycles. The first-order valence-electron chi connectivity index (χ1n) is 12.2. The first kappa shape index (κ1) is 20.7. The van der Waals surface area contributed by atoms with Gasteiger partial charge in [0.15, 0.2) is 0 Å². The summed E-state index contributed by atoms with van der Waals surface area (Å²) in [4.78, 5) is 24.4. The molecule has 6 rings (SSSR count). The van der Waals surface area contributed by atoms with E-state index >= 15 is 0 Å². The van der Waals surface area contributed by atoms with Gasteiger partial charge in [-0.2, -0.15) is 0 Å². The number of aromatic nitrogens is 2. The number of anilines is 2. The number of morpholine rings is 1. The molecular formula is C26H31N5O2. The zero-order valence-corrected chi connectivity index (χ0v) is 18.9. The van der Waals surface area contributed by atoms with Crippen LogP contribution in [0.4, 0.5) is 11.5 Å². The summed E-state index contributed by atoms with van der Waals surface area (Å²) >= 11 is 0. The van der Waals surface area contributed by atoms with Crippen LogP contribution >= 0.6 is 0 Å². The van der Waals surface area contributed by atoms with Crippen molar-refractivity contribution in [2.75, 3.05) is 36.5 Å². The minimum atomic E-state index is -0.179. The van der Waals surface area contributed by atoms with Gasteiger partial charge in [-0.15, -0.1) is 0 Å². The van der Waals surface area contributed by atoms with E-state index in [-0.39, 0.29) is 17.9 Å². The maximum Gasteiger partial charge on any atom is 0.222 e. The standard InChI is InChI=1S/C26H31N5O2/c27-25(32)23-17-6-7-18(15-17)24(23)30-26-20-2-1-3-21(20)28-22(29-26)14-16-4-8-19(9-5-16)31-10-12-33-13-11-31/h1-2,4-5,8-9,17-18,23-24H,3,6-7,10-15H2,(H2,27,32)(H,28,29,30). The Morgan fingerprint density at radius 2 is 1.91 bits per heavy atom. The summed E-state index contributed by atoms with van der Waals surface area (Å²) in [5, 5.41) is 3.66. The van der Waals surface area contributed by atoms with Crippen LogP contribution in [0.3, 0.4) is 0 Å². The lowest BCUT2D eigenvalue weighted by molar-refractivity contribution is -0.123. The SMILES string of the molecule is NC(=O)C1C2CCC(C2)C1Nc1nc(Cc2ccc(N3CCOCC3)cc2)nc2c1C=CC2. The molecule has 4 atom stereocenters. The third-order valence-corrected chi connectivity index (χ3v) is 7.89. The van der Waals surface area contributed by atoms with Gasteiger partial charge >= 0.3 is 0 Å². The van der Waals surface area contributed by atoms with Gasteiger partial charge < -0.3 is 20.7 Å². The van der Waals surface area contributed by atoms with Crippen LogP contribution in [0.1, 0.15) is 41.9 Å². The number of rotatable bonds is 6. The molecule has 1 aliphatic heterocycles. The van der Waals surface area contributed by atoms with Crippen LogP contribution in [-0.4, -0.2) is 48.2 Å². The first-order chi connectivity index (χ1) is 16.2. The second-order valence-electron chi connectivity index (χ2n) is 9.83. The topological polar surface area (TPSA) is 93.4 Å². The molecule has 0 spiro atoms. The fourth-order valence-corrected chi connectivity index (χ4v) is 6.27. The Kier molecular flexibility index (Phi) is 5.29. The van der Waals surface area contributed by atoms with Gasteiger partial charge in [-0.05, 0) is 48.8 Å². The normalized spacial score (nSPS) is 27.7. The Hall–Kier alpha value is -2.93. The Morgan fingerprint density at radius 1 is 1.12 bits per heavy atom. The molecule has 4 unspecified atom stereocenters. The van der Waals surface area contributed by atoms with Gasteiger partial charge in [-0.3, -0.25) is 4.79 Å². The maximum absolute atomic E-state index is 12.2. The van der Waals surface area contributed by atoms with Gasteiger partial charge in [0, 0.05) is 43.2 Å². The molecular weight excluding hydrogens is 414 g/mol. The number of allylic oxidation sites excluding steroid dienone is 1. The second kappa shape index (κ2) is 8.45. The molecule has 172 valence electrons. The van der Waals surface area contributed by atoms with Crippen molar-refractivity contribution in [1.82, 2.24) is 9.97 Å². The van der Waals surface area contributed by atoms with Crippen LogP contribution in [-0.2, 0) is 22.4 Å². The summed E-state index contributed by atoms with van der Waals surface area (Å²) in [6, 6.07) is 8.79. The van der Waals surface area contributed by atoms with Crippen molar-refractivity contribution in [3.8, 4) is 0 Å². The number of carbonyl (C=O) groups excluding carboxylic acids is 1. The van der Waals surface area contributed by atoms with E-state index in [1.165, 1.54) is 11.3 Å². The van der Waals surface area contributed by atoms with Crippen molar-refractivity contribution in [1.29, 1.82) is 0 Å². The Balaban J connectivity index is 1.23. The zero-order chi connectivity index (χ0) is 22.4. The van der Waals surface area contributed by atoms with Crippen molar-refractivity contribution >= 4 is 23.5 Å². The largest absolute Gasteiger partial charge is 0.378 e. The maximum atomic E-state index is 12.2. The number of primary amides is 1. The lowest BCUT2D eigenvalue weighted by atomic mass is 9.84. The molecule has 1 amide bonds. The lowest BCUT2D eigenvalue weighted by Crippen LogP contribution is -2.42. The van der Waals surface area contributed by atoms with Crippen LogP contribution in [0.5, 0.6) is 0 Å². The molecule has 3 fully saturated rings. The van der Waals surface area contributed by atoms with Crippen LogP contribution in [0.25, 0.3) is 6.08 Å². The van der Waals surface area contributed by atoms with E-state index < -0.39 is 0 Å². The number of hydrogen-bond donors (Lipinski definition) is 2. The average Bonchev–Trinajstić information content (AvgIpc) is 3.56. The Bertz CT molecular complexity index is 1080. The number of nitrogens with one attached hydrogen (secondary N) is 1. The zero-order valence-electron chi connectivity index (χ0n) is 18.9. The molecule has 2 aromatic rings. The second-order valence-corrected chi connectivity index (χ2v) is 9.83. The fourth-order valence-electron chi connectivity index (χ4n) is 6.27. The van der Waals surface area contributed by atoms with E-state index in [2.05, 4.69) is 46.6 Å². The number of fused-ring (bicyclic) bond motifs is 3. The van der Waals surface area contributed by atoms with Crippen LogP contribution in [0, 0.1) is 17.8 Å². The van der Waals surface area contributed by atoms with E-state index in [1.54, 1.807) is 0 Å². The Labute approximate surface area is 194 Å². The van der Waals surface area contributed by atoms with Crippen molar-refractivity contribution in [2.24, 2.45) is 23.5 Å². The molecule has 1 saturated heterocycles. The number of nitrogens with zero attached hydrogens (tertiary/aromatic N) is 3. The number of ether oxygens (including phenoxy) is 1. The third kappa shape index (κ3) is 3.88. The van der Waals surface area contributed by atoms with E-state index in [4.69, 9.17) is 20.4 Å². The van der Waals surface area contributed by atoms with Crippen molar-refractivity contribution in [3.63, 3.8) is 0 Å². The highest BCUT2D eigenvalue weighted by Crippen LogP contribution is 2.49. The van der Waals surface area contributed by atoms with Crippen molar-refractivity contribution < 1.29 is 9.53 Å².